The van der Waals surface area contributed by atoms with Crippen molar-refractivity contribution in [1.82, 2.24) is 19.6 Å². The first kappa shape index (κ1) is 11.8. The summed E-state index contributed by atoms with van der Waals surface area (Å²) in [5.41, 5.74) is 0.969. The van der Waals surface area contributed by atoms with Crippen LogP contribution in [-0.4, -0.2) is 37.1 Å². The van der Waals surface area contributed by atoms with Crippen molar-refractivity contribution in [2.75, 3.05) is 11.6 Å². The SMILES string of the molecule is CSC1CCCC1Nc1cc(C)nc2ncnn12. The van der Waals surface area contributed by atoms with Crippen molar-refractivity contribution in [1.29, 1.82) is 0 Å². The van der Waals surface area contributed by atoms with Gasteiger partial charge in [-0.2, -0.15) is 26.4 Å². The molecule has 2 aromatic rings. The zero-order chi connectivity index (χ0) is 12.5. The third-order valence-electron chi connectivity index (χ3n) is 3.47. The summed E-state index contributed by atoms with van der Waals surface area (Å²) < 4.78 is 1.78. The van der Waals surface area contributed by atoms with Gasteiger partial charge in [0.25, 0.3) is 5.78 Å². The topological polar surface area (TPSA) is 55.1 Å². The number of thioether (sulfide) groups is 1. The van der Waals surface area contributed by atoms with Gasteiger partial charge in [0.1, 0.15) is 12.1 Å². The zero-order valence-corrected chi connectivity index (χ0v) is 11.4. The van der Waals surface area contributed by atoms with Crippen LogP contribution >= 0.6 is 11.8 Å². The van der Waals surface area contributed by atoms with E-state index in [9.17, 15) is 0 Å². The van der Waals surface area contributed by atoms with Crippen molar-refractivity contribution in [3.63, 3.8) is 0 Å². The third-order valence-corrected chi connectivity index (χ3v) is 4.64. The van der Waals surface area contributed by atoms with E-state index >= 15 is 0 Å². The summed E-state index contributed by atoms with van der Waals surface area (Å²) in [6.07, 6.45) is 7.56. The molecule has 1 saturated carbocycles. The van der Waals surface area contributed by atoms with Crippen LogP contribution in [0, 0.1) is 6.92 Å². The van der Waals surface area contributed by atoms with Crippen LogP contribution in [0.5, 0.6) is 0 Å². The molecule has 3 rings (SSSR count). The van der Waals surface area contributed by atoms with Crippen LogP contribution in [0.15, 0.2) is 12.4 Å². The molecule has 5 nitrogen and oxygen atoms in total. The summed E-state index contributed by atoms with van der Waals surface area (Å²) in [5, 5.41) is 8.53. The summed E-state index contributed by atoms with van der Waals surface area (Å²) in [5.74, 6) is 1.66. The Hall–Kier alpha value is -1.30. The van der Waals surface area contributed by atoms with Crippen LogP contribution in [-0.2, 0) is 0 Å². The fraction of sp³-hybridized carbons (Fsp3) is 0.583. The molecule has 2 heterocycles. The van der Waals surface area contributed by atoms with Gasteiger partial charge < -0.3 is 5.32 Å². The van der Waals surface area contributed by atoms with Crippen LogP contribution in [0.25, 0.3) is 5.78 Å². The van der Waals surface area contributed by atoms with Gasteiger partial charge in [-0.1, -0.05) is 6.42 Å². The van der Waals surface area contributed by atoms with Gasteiger partial charge in [-0.3, -0.25) is 0 Å². The number of hydrogen-bond donors (Lipinski definition) is 1. The van der Waals surface area contributed by atoms with E-state index < -0.39 is 0 Å². The highest BCUT2D eigenvalue weighted by molar-refractivity contribution is 7.99. The molecule has 1 N–H and O–H groups in total. The highest BCUT2D eigenvalue weighted by atomic mass is 32.2. The lowest BCUT2D eigenvalue weighted by Crippen LogP contribution is -2.27. The van der Waals surface area contributed by atoms with Crippen molar-refractivity contribution in [2.24, 2.45) is 0 Å². The summed E-state index contributed by atoms with van der Waals surface area (Å²) in [6.45, 7) is 1.99. The van der Waals surface area contributed by atoms with Gasteiger partial charge in [-0.15, -0.1) is 0 Å². The molecule has 0 aromatic carbocycles. The molecule has 1 aliphatic carbocycles. The van der Waals surface area contributed by atoms with Crippen LogP contribution < -0.4 is 5.32 Å². The zero-order valence-electron chi connectivity index (χ0n) is 10.6. The Balaban J connectivity index is 1.92. The number of nitrogens with zero attached hydrogens (tertiary/aromatic N) is 4. The molecular weight excluding hydrogens is 246 g/mol. The predicted molar refractivity (Wildman–Crippen MR) is 74.1 cm³/mol. The molecule has 0 spiro atoms. The quantitative estimate of drug-likeness (QED) is 0.919. The lowest BCUT2D eigenvalue weighted by atomic mass is 10.2. The molecular formula is C12H17N5S. The second kappa shape index (κ2) is 4.76. The monoisotopic (exact) mass is 263 g/mol. The van der Waals surface area contributed by atoms with Crippen molar-refractivity contribution < 1.29 is 0 Å². The van der Waals surface area contributed by atoms with Gasteiger partial charge in [-0.05, 0) is 26.0 Å². The maximum absolute atomic E-state index is 4.35. The Morgan fingerprint density at radius 3 is 3.17 bits per heavy atom. The number of fused-ring (bicyclic) bond motifs is 1. The van der Waals surface area contributed by atoms with Crippen molar-refractivity contribution >= 4 is 23.4 Å². The number of nitrogens with one attached hydrogen (secondary N) is 1. The van der Waals surface area contributed by atoms with Crippen LogP contribution in [0.1, 0.15) is 25.0 Å². The second-order valence-corrected chi connectivity index (χ2v) is 5.79. The van der Waals surface area contributed by atoms with Gasteiger partial charge in [0, 0.05) is 23.1 Å². The minimum Gasteiger partial charge on any atom is -0.366 e. The molecule has 6 heteroatoms. The van der Waals surface area contributed by atoms with Crippen LogP contribution in [0.4, 0.5) is 5.82 Å². The average molecular weight is 263 g/mol. The van der Waals surface area contributed by atoms with Gasteiger partial charge in [0.15, 0.2) is 0 Å². The Bertz CT molecular complexity index is 552. The van der Waals surface area contributed by atoms with Crippen LogP contribution in [0.2, 0.25) is 0 Å². The lowest BCUT2D eigenvalue weighted by molar-refractivity contribution is 0.751. The lowest BCUT2D eigenvalue weighted by Gasteiger charge is -2.20. The van der Waals surface area contributed by atoms with E-state index in [0.29, 0.717) is 17.1 Å². The summed E-state index contributed by atoms with van der Waals surface area (Å²) >= 11 is 1.95. The maximum atomic E-state index is 4.35. The van der Waals surface area contributed by atoms with Gasteiger partial charge in [0.05, 0.1) is 0 Å². The molecule has 18 heavy (non-hydrogen) atoms. The Labute approximate surface area is 110 Å². The fourth-order valence-corrected chi connectivity index (χ4v) is 3.53. The molecule has 1 aliphatic rings. The maximum Gasteiger partial charge on any atom is 0.254 e. The number of rotatable bonds is 3. The van der Waals surface area contributed by atoms with Gasteiger partial charge in [0.2, 0.25) is 0 Å². The highest BCUT2D eigenvalue weighted by Crippen LogP contribution is 2.30. The van der Waals surface area contributed by atoms with E-state index in [-0.39, 0.29) is 0 Å². The molecule has 0 aliphatic heterocycles. The standard InChI is InChI=1S/C12H17N5S/c1-8-6-11(17-12(15-8)13-7-14-17)16-9-4-3-5-10(9)18-2/h6-7,9-10,16H,3-5H2,1-2H3. The molecule has 1 fully saturated rings. The van der Waals surface area contributed by atoms with Crippen LogP contribution in [0.3, 0.4) is 0 Å². The molecule has 2 aromatic heterocycles. The molecule has 2 unspecified atom stereocenters. The van der Waals surface area contributed by atoms with E-state index in [4.69, 9.17) is 0 Å². The van der Waals surface area contributed by atoms with Crippen molar-refractivity contribution in [3.05, 3.63) is 18.1 Å². The first-order valence-corrected chi connectivity index (χ1v) is 7.53. The Morgan fingerprint density at radius 1 is 1.44 bits per heavy atom. The Morgan fingerprint density at radius 2 is 2.33 bits per heavy atom. The first-order valence-electron chi connectivity index (χ1n) is 6.24. The Kier molecular flexibility index (Phi) is 3.11. The molecule has 0 saturated heterocycles. The summed E-state index contributed by atoms with van der Waals surface area (Å²) in [6, 6.07) is 2.56. The third kappa shape index (κ3) is 2.05. The summed E-state index contributed by atoms with van der Waals surface area (Å²) in [4.78, 5) is 8.50. The van der Waals surface area contributed by atoms with E-state index in [2.05, 4.69) is 26.6 Å². The first-order chi connectivity index (χ1) is 8.78. The van der Waals surface area contributed by atoms with Gasteiger partial charge in [-0.25, -0.2) is 4.98 Å². The summed E-state index contributed by atoms with van der Waals surface area (Å²) in [7, 11) is 0. The minimum atomic E-state index is 0.522. The number of aromatic nitrogens is 4. The highest BCUT2D eigenvalue weighted by Gasteiger charge is 2.27. The minimum absolute atomic E-state index is 0.522. The molecule has 0 bridgehead atoms. The normalized spacial score (nSPS) is 23.7. The van der Waals surface area contributed by atoms with E-state index in [1.165, 1.54) is 19.3 Å². The predicted octanol–water partition coefficient (Wildman–Crippen LogP) is 2.13. The molecule has 0 amide bonds. The molecule has 96 valence electrons. The van der Waals surface area contributed by atoms with Crippen molar-refractivity contribution in [3.8, 4) is 0 Å². The molecule has 0 radical (unpaired) electrons. The fourth-order valence-electron chi connectivity index (χ4n) is 2.60. The van der Waals surface area contributed by atoms with Gasteiger partial charge >= 0.3 is 0 Å². The largest absolute Gasteiger partial charge is 0.366 e. The number of aryl methyl sites for hydroxylation is 1. The van der Waals surface area contributed by atoms with E-state index in [0.717, 1.165) is 11.5 Å². The van der Waals surface area contributed by atoms with Crippen molar-refractivity contribution in [2.45, 2.75) is 37.5 Å². The van der Waals surface area contributed by atoms with E-state index in [1.807, 2.05) is 24.8 Å². The van der Waals surface area contributed by atoms with E-state index in [1.54, 1.807) is 10.8 Å². The second-order valence-electron chi connectivity index (χ2n) is 4.71. The smallest absolute Gasteiger partial charge is 0.254 e. The average Bonchev–Trinajstić information content (AvgIpc) is 2.96. The number of hydrogen-bond acceptors (Lipinski definition) is 5. The number of anilines is 1. The molecule has 2 atom stereocenters.